The number of thiazole rings is 1. The number of nitrogens with zero attached hydrogens (tertiary/aromatic N) is 1. The van der Waals surface area contributed by atoms with Gasteiger partial charge < -0.3 is 10.1 Å². The molecule has 0 amide bonds. The second kappa shape index (κ2) is 5.25. The maximum absolute atomic E-state index is 5.44. The van der Waals surface area contributed by atoms with Gasteiger partial charge in [0.15, 0.2) is 0 Å². The molecule has 1 aromatic heterocycles. The number of methoxy groups -OCH3 is 1. The first kappa shape index (κ1) is 12.0. The summed E-state index contributed by atoms with van der Waals surface area (Å²) < 4.78 is 5.44. The molecule has 90 valence electrons. The molecule has 0 atom stereocenters. The number of hydrogen-bond donors (Lipinski definition) is 1. The van der Waals surface area contributed by atoms with Crippen LogP contribution in [0.4, 0.5) is 0 Å². The van der Waals surface area contributed by atoms with Crippen molar-refractivity contribution >= 4 is 11.3 Å². The highest BCUT2D eigenvalue weighted by molar-refractivity contribution is 7.09. The summed E-state index contributed by atoms with van der Waals surface area (Å²) in [5.74, 6) is 0. The molecule has 0 radical (unpaired) electrons. The minimum Gasteiger partial charge on any atom is -0.381 e. The number of ether oxygens (including phenoxy) is 1. The van der Waals surface area contributed by atoms with Crippen molar-refractivity contribution in [2.24, 2.45) is 0 Å². The average molecular weight is 240 g/mol. The Bertz CT molecular complexity index is 305. The van der Waals surface area contributed by atoms with Crippen LogP contribution in [0.3, 0.4) is 0 Å². The standard InChI is InChI=1S/C12H20N2OS/c1-3-14-12(11-13-8-9-16-11)6-4-10(15-2)5-7-12/h8-10,14H,3-7H2,1-2H3. The third-order valence-electron chi connectivity index (χ3n) is 3.48. The quantitative estimate of drug-likeness (QED) is 0.878. The van der Waals surface area contributed by atoms with Crippen LogP contribution in [0.25, 0.3) is 0 Å². The molecule has 1 fully saturated rings. The van der Waals surface area contributed by atoms with Crippen molar-refractivity contribution in [3.8, 4) is 0 Å². The molecule has 3 nitrogen and oxygen atoms in total. The lowest BCUT2D eigenvalue weighted by molar-refractivity contribution is 0.0407. The van der Waals surface area contributed by atoms with Crippen LogP contribution in [0.1, 0.15) is 37.6 Å². The predicted octanol–water partition coefficient (Wildman–Crippen LogP) is 2.54. The van der Waals surface area contributed by atoms with Gasteiger partial charge >= 0.3 is 0 Å². The van der Waals surface area contributed by atoms with Crippen LogP contribution in [0.5, 0.6) is 0 Å². The summed E-state index contributed by atoms with van der Waals surface area (Å²) in [4.78, 5) is 4.50. The summed E-state index contributed by atoms with van der Waals surface area (Å²) in [6.07, 6.45) is 6.86. The van der Waals surface area contributed by atoms with Crippen LogP contribution < -0.4 is 5.32 Å². The normalized spacial score (nSPS) is 30.5. The second-order valence-corrected chi connectivity index (χ2v) is 5.28. The summed E-state index contributed by atoms with van der Waals surface area (Å²) in [6, 6.07) is 0. The van der Waals surface area contributed by atoms with Gasteiger partial charge in [-0.05, 0) is 32.2 Å². The summed E-state index contributed by atoms with van der Waals surface area (Å²) in [6.45, 7) is 3.16. The molecular weight excluding hydrogens is 220 g/mol. The van der Waals surface area contributed by atoms with Gasteiger partial charge in [-0.1, -0.05) is 6.92 Å². The lowest BCUT2D eigenvalue weighted by atomic mass is 9.80. The van der Waals surface area contributed by atoms with E-state index in [4.69, 9.17) is 4.74 Å². The minimum atomic E-state index is 0.109. The fraction of sp³-hybridized carbons (Fsp3) is 0.750. The van der Waals surface area contributed by atoms with E-state index >= 15 is 0 Å². The van der Waals surface area contributed by atoms with Crippen LogP contribution in [-0.4, -0.2) is 24.7 Å². The smallest absolute Gasteiger partial charge is 0.113 e. The Morgan fingerprint density at radius 2 is 2.31 bits per heavy atom. The lowest BCUT2D eigenvalue weighted by Crippen LogP contribution is -2.46. The first-order valence-electron chi connectivity index (χ1n) is 5.98. The molecule has 4 heteroatoms. The zero-order valence-corrected chi connectivity index (χ0v) is 10.8. The first-order chi connectivity index (χ1) is 7.80. The Labute approximate surface area is 101 Å². The van der Waals surface area contributed by atoms with E-state index in [9.17, 15) is 0 Å². The highest BCUT2D eigenvalue weighted by atomic mass is 32.1. The molecule has 0 aliphatic heterocycles. The third-order valence-corrected chi connectivity index (χ3v) is 4.45. The van der Waals surface area contributed by atoms with Gasteiger partial charge in [-0.25, -0.2) is 4.98 Å². The summed E-state index contributed by atoms with van der Waals surface area (Å²) >= 11 is 1.76. The van der Waals surface area contributed by atoms with Crippen molar-refractivity contribution in [1.82, 2.24) is 10.3 Å². The molecule has 1 aliphatic carbocycles. The SMILES string of the molecule is CCNC1(c2nccs2)CCC(OC)CC1. The first-order valence-corrected chi connectivity index (χ1v) is 6.86. The molecule has 1 aliphatic rings. The summed E-state index contributed by atoms with van der Waals surface area (Å²) in [5, 5.41) is 6.94. The van der Waals surface area contributed by atoms with Gasteiger partial charge in [0.2, 0.25) is 0 Å². The van der Waals surface area contributed by atoms with Crippen LogP contribution >= 0.6 is 11.3 Å². The van der Waals surface area contributed by atoms with E-state index in [1.165, 1.54) is 5.01 Å². The van der Waals surface area contributed by atoms with Crippen molar-refractivity contribution in [3.05, 3.63) is 16.6 Å². The van der Waals surface area contributed by atoms with E-state index in [2.05, 4.69) is 22.6 Å². The van der Waals surface area contributed by atoms with Gasteiger partial charge in [0.25, 0.3) is 0 Å². The van der Waals surface area contributed by atoms with Crippen molar-refractivity contribution in [3.63, 3.8) is 0 Å². The van der Waals surface area contributed by atoms with Crippen LogP contribution in [0.2, 0.25) is 0 Å². The van der Waals surface area contributed by atoms with Crippen molar-refractivity contribution in [2.45, 2.75) is 44.2 Å². The Morgan fingerprint density at radius 3 is 2.81 bits per heavy atom. The third kappa shape index (κ3) is 2.29. The van der Waals surface area contributed by atoms with Gasteiger partial charge in [-0.2, -0.15) is 0 Å². The number of nitrogens with one attached hydrogen (secondary N) is 1. The van der Waals surface area contributed by atoms with Gasteiger partial charge in [-0.3, -0.25) is 0 Å². The van der Waals surface area contributed by atoms with E-state index < -0.39 is 0 Å². The Morgan fingerprint density at radius 1 is 1.56 bits per heavy atom. The van der Waals surface area contributed by atoms with Crippen LogP contribution in [0.15, 0.2) is 11.6 Å². The van der Waals surface area contributed by atoms with E-state index in [-0.39, 0.29) is 5.54 Å². The largest absolute Gasteiger partial charge is 0.381 e. The maximum atomic E-state index is 5.44. The molecule has 0 spiro atoms. The molecule has 1 aromatic rings. The Hall–Kier alpha value is -0.450. The van der Waals surface area contributed by atoms with Gasteiger partial charge in [0.1, 0.15) is 5.01 Å². The molecule has 0 bridgehead atoms. The summed E-state index contributed by atoms with van der Waals surface area (Å²) in [7, 11) is 1.81. The van der Waals surface area contributed by atoms with Crippen LogP contribution in [-0.2, 0) is 10.3 Å². The van der Waals surface area contributed by atoms with E-state index in [0.29, 0.717) is 6.10 Å². The minimum absolute atomic E-state index is 0.109. The second-order valence-electron chi connectivity index (χ2n) is 4.38. The molecule has 1 heterocycles. The molecule has 0 aromatic carbocycles. The van der Waals surface area contributed by atoms with Gasteiger partial charge in [0.05, 0.1) is 11.6 Å². The number of rotatable bonds is 4. The molecule has 0 unspecified atom stereocenters. The zero-order valence-electron chi connectivity index (χ0n) is 10.0. The zero-order chi connectivity index (χ0) is 11.4. The van der Waals surface area contributed by atoms with Gasteiger partial charge in [-0.15, -0.1) is 11.3 Å². The monoisotopic (exact) mass is 240 g/mol. The molecule has 1 N–H and O–H groups in total. The van der Waals surface area contributed by atoms with Gasteiger partial charge in [0, 0.05) is 18.7 Å². The molecule has 2 rings (SSSR count). The molecule has 1 saturated carbocycles. The Balaban J connectivity index is 2.12. The highest BCUT2D eigenvalue weighted by Crippen LogP contribution is 2.38. The Kier molecular flexibility index (Phi) is 3.95. The van der Waals surface area contributed by atoms with Crippen molar-refractivity contribution < 1.29 is 4.74 Å². The maximum Gasteiger partial charge on any atom is 0.113 e. The number of aromatic nitrogens is 1. The van der Waals surface area contributed by atoms with E-state index in [1.54, 1.807) is 11.3 Å². The average Bonchev–Trinajstić information content (AvgIpc) is 2.84. The number of hydrogen-bond acceptors (Lipinski definition) is 4. The fourth-order valence-corrected chi connectivity index (χ4v) is 3.46. The highest BCUT2D eigenvalue weighted by Gasteiger charge is 2.38. The van der Waals surface area contributed by atoms with Crippen LogP contribution in [0, 0.1) is 0 Å². The summed E-state index contributed by atoms with van der Waals surface area (Å²) in [5.41, 5.74) is 0.109. The molecule has 0 saturated heterocycles. The van der Waals surface area contributed by atoms with Crippen molar-refractivity contribution in [1.29, 1.82) is 0 Å². The molecule has 16 heavy (non-hydrogen) atoms. The van der Waals surface area contributed by atoms with E-state index in [0.717, 1.165) is 32.2 Å². The predicted molar refractivity (Wildman–Crippen MR) is 66.7 cm³/mol. The fourth-order valence-electron chi connectivity index (χ4n) is 2.58. The van der Waals surface area contributed by atoms with Crippen molar-refractivity contribution in [2.75, 3.05) is 13.7 Å². The topological polar surface area (TPSA) is 34.2 Å². The molecular formula is C12H20N2OS. The van der Waals surface area contributed by atoms with E-state index in [1.807, 2.05) is 13.3 Å². The lowest BCUT2D eigenvalue weighted by Gasteiger charge is -2.39.